The van der Waals surface area contributed by atoms with Gasteiger partial charge in [0.05, 0.1) is 12.6 Å². The Morgan fingerprint density at radius 2 is 1.39 bits per heavy atom. The predicted molar refractivity (Wildman–Crippen MR) is 113 cm³/mol. The topological polar surface area (TPSA) is 208 Å². The zero-order valence-corrected chi connectivity index (χ0v) is 18.6. The second-order valence-electron chi connectivity index (χ2n) is 7.19. The highest BCUT2D eigenvalue weighted by Crippen LogP contribution is 2.05. The Morgan fingerprint density at radius 3 is 1.84 bits per heavy atom. The number of carbonyl (C=O) groups is 5. The lowest BCUT2D eigenvalue weighted by atomic mass is 10.0. The predicted octanol–water partition coefficient (Wildman–Crippen LogP) is -1.88. The van der Waals surface area contributed by atoms with Crippen molar-refractivity contribution in [3.63, 3.8) is 0 Å². The van der Waals surface area contributed by atoms with Crippen molar-refractivity contribution in [2.24, 2.45) is 11.7 Å². The van der Waals surface area contributed by atoms with Gasteiger partial charge in [0, 0.05) is 6.42 Å². The van der Waals surface area contributed by atoms with Crippen LogP contribution in [0.15, 0.2) is 0 Å². The van der Waals surface area contributed by atoms with Crippen LogP contribution in [0.5, 0.6) is 0 Å². The number of nitrogens with one attached hydrogen (secondary N) is 3. The van der Waals surface area contributed by atoms with E-state index in [0.29, 0.717) is 5.75 Å². The summed E-state index contributed by atoms with van der Waals surface area (Å²) in [6, 6.07) is -4.86. The highest BCUT2D eigenvalue weighted by molar-refractivity contribution is 7.98. The van der Waals surface area contributed by atoms with Gasteiger partial charge in [0.25, 0.3) is 0 Å². The molecular weight excluding hydrogens is 432 g/mol. The number of carboxylic acids is 2. The van der Waals surface area contributed by atoms with Crippen LogP contribution in [-0.2, 0) is 24.0 Å². The highest BCUT2D eigenvalue weighted by atomic mass is 32.2. The summed E-state index contributed by atoms with van der Waals surface area (Å²) in [6.45, 7) is 2.68. The van der Waals surface area contributed by atoms with Gasteiger partial charge in [-0.3, -0.25) is 19.2 Å². The maximum atomic E-state index is 12.6. The van der Waals surface area contributed by atoms with Crippen LogP contribution in [0.4, 0.5) is 0 Å². The quantitative estimate of drug-likeness (QED) is 0.143. The fourth-order valence-corrected chi connectivity index (χ4v) is 2.81. The number of rotatable bonds is 15. The Hall–Kier alpha value is -2.38. The molecule has 0 spiro atoms. The number of nitrogens with two attached hydrogens (primary N) is 1. The normalized spacial score (nSPS) is 14.8. The molecule has 3 amide bonds. The first-order valence-electron chi connectivity index (χ1n) is 9.65. The highest BCUT2D eigenvalue weighted by Gasteiger charge is 2.30. The van der Waals surface area contributed by atoms with Crippen molar-refractivity contribution < 1.29 is 39.3 Å². The minimum absolute atomic E-state index is 0.140. The van der Waals surface area contributed by atoms with Crippen molar-refractivity contribution in [3.8, 4) is 0 Å². The SMILES string of the molecule is CSCCC(NC(=O)C(CO)NC(=O)C(N)C(C)C)C(=O)NC(CCC(=O)O)C(=O)O. The number of aliphatic hydroxyl groups excluding tert-OH is 1. The van der Waals surface area contributed by atoms with E-state index in [1.54, 1.807) is 20.1 Å². The second kappa shape index (κ2) is 14.6. The third-order valence-corrected chi connectivity index (χ3v) is 4.99. The first kappa shape index (κ1) is 28.6. The van der Waals surface area contributed by atoms with Gasteiger partial charge in [0.2, 0.25) is 17.7 Å². The van der Waals surface area contributed by atoms with Crippen molar-refractivity contribution in [3.05, 3.63) is 0 Å². The lowest BCUT2D eigenvalue weighted by Gasteiger charge is -2.24. The van der Waals surface area contributed by atoms with Crippen molar-refractivity contribution in [2.45, 2.75) is 57.3 Å². The Labute approximate surface area is 184 Å². The number of thioether (sulfide) groups is 1. The fourth-order valence-electron chi connectivity index (χ4n) is 2.34. The molecule has 31 heavy (non-hydrogen) atoms. The molecule has 4 unspecified atom stereocenters. The number of aliphatic hydroxyl groups is 1. The summed E-state index contributed by atoms with van der Waals surface area (Å²) >= 11 is 1.38. The van der Waals surface area contributed by atoms with Gasteiger partial charge < -0.3 is 37.0 Å². The summed E-state index contributed by atoms with van der Waals surface area (Å²) in [6.07, 6.45) is 1.12. The van der Waals surface area contributed by atoms with E-state index in [9.17, 15) is 34.2 Å². The summed E-state index contributed by atoms with van der Waals surface area (Å²) in [5.74, 6) is -4.69. The van der Waals surface area contributed by atoms with Crippen molar-refractivity contribution in [1.82, 2.24) is 16.0 Å². The smallest absolute Gasteiger partial charge is 0.326 e. The minimum Gasteiger partial charge on any atom is -0.481 e. The van der Waals surface area contributed by atoms with Gasteiger partial charge in [0.1, 0.15) is 18.1 Å². The molecule has 12 nitrogen and oxygen atoms in total. The Balaban J connectivity index is 5.24. The summed E-state index contributed by atoms with van der Waals surface area (Å²) in [7, 11) is 0. The van der Waals surface area contributed by atoms with E-state index in [1.807, 2.05) is 0 Å². The van der Waals surface area contributed by atoms with Gasteiger partial charge in [0.15, 0.2) is 0 Å². The van der Waals surface area contributed by atoms with Crippen molar-refractivity contribution in [1.29, 1.82) is 0 Å². The number of aliphatic carboxylic acids is 2. The zero-order chi connectivity index (χ0) is 24.1. The maximum absolute atomic E-state index is 12.6. The van der Waals surface area contributed by atoms with Gasteiger partial charge >= 0.3 is 11.9 Å². The molecule has 0 aromatic rings. The maximum Gasteiger partial charge on any atom is 0.326 e. The lowest BCUT2D eigenvalue weighted by molar-refractivity contribution is -0.143. The molecule has 13 heteroatoms. The summed E-state index contributed by atoms with van der Waals surface area (Å²) < 4.78 is 0. The number of carboxylic acid groups (broad SMARTS) is 2. The molecule has 0 radical (unpaired) electrons. The summed E-state index contributed by atoms with van der Waals surface area (Å²) in [5.41, 5.74) is 5.72. The van der Waals surface area contributed by atoms with Crippen LogP contribution in [0, 0.1) is 5.92 Å². The molecule has 0 aromatic heterocycles. The van der Waals surface area contributed by atoms with E-state index in [-0.39, 0.29) is 18.8 Å². The standard InChI is InChI=1S/C18H32N4O8S/c1-9(2)14(19)17(28)22-12(8-23)16(27)20-10(6-7-31-3)15(26)21-11(18(29)30)4-5-13(24)25/h9-12,14,23H,4-8,19H2,1-3H3,(H,20,27)(H,21,26)(H,22,28)(H,24,25)(H,29,30). The zero-order valence-electron chi connectivity index (χ0n) is 17.8. The van der Waals surface area contributed by atoms with Gasteiger partial charge in [-0.2, -0.15) is 11.8 Å². The number of carbonyl (C=O) groups excluding carboxylic acids is 3. The largest absolute Gasteiger partial charge is 0.481 e. The molecule has 0 bridgehead atoms. The fraction of sp³-hybridized carbons (Fsp3) is 0.722. The molecule has 8 N–H and O–H groups in total. The molecule has 0 fully saturated rings. The Kier molecular flexibility index (Phi) is 13.5. The number of hydrogen-bond acceptors (Lipinski definition) is 8. The van der Waals surface area contributed by atoms with Gasteiger partial charge in [-0.15, -0.1) is 0 Å². The number of hydrogen-bond donors (Lipinski definition) is 7. The third-order valence-electron chi connectivity index (χ3n) is 4.34. The van der Waals surface area contributed by atoms with E-state index < -0.39 is 66.9 Å². The number of amides is 3. The Morgan fingerprint density at radius 1 is 0.871 bits per heavy atom. The van der Waals surface area contributed by atoms with Gasteiger partial charge in [-0.05, 0) is 30.8 Å². The molecule has 0 aliphatic rings. The van der Waals surface area contributed by atoms with Gasteiger partial charge in [-0.1, -0.05) is 13.8 Å². The average Bonchev–Trinajstić information content (AvgIpc) is 2.70. The first-order valence-corrected chi connectivity index (χ1v) is 11.0. The van der Waals surface area contributed by atoms with E-state index in [1.165, 1.54) is 11.8 Å². The van der Waals surface area contributed by atoms with E-state index >= 15 is 0 Å². The van der Waals surface area contributed by atoms with Crippen LogP contribution in [0.3, 0.4) is 0 Å². The van der Waals surface area contributed by atoms with Crippen LogP contribution < -0.4 is 21.7 Å². The minimum atomic E-state index is -1.45. The molecular formula is C18H32N4O8S. The first-order chi connectivity index (χ1) is 14.4. The van der Waals surface area contributed by atoms with E-state index in [0.717, 1.165) is 0 Å². The Bertz CT molecular complexity index is 646. The molecule has 178 valence electrons. The molecule has 0 saturated heterocycles. The van der Waals surface area contributed by atoms with Gasteiger partial charge in [-0.25, -0.2) is 4.79 Å². The molecule has 0 aromatic carbocycles. The lowest BCUT2D eigenvalue weighted by Crippen LogP contribution is -2.58. The average molecular weight is 465 g/mol. The molecule has 0 aliphatic heterocycles. The molecule has 0 aliphatic carbocycles. The van der Waals surface area contributed by atoms with Crippen LogP contribution in [0.1, 0.15) is 33.1 Å². The molecule has 0 rings (SSSR count). The van der Waals surface area contributed by atoms with Crippen LogP contribution in [-0.4, -0.2) is 87.8 Å². The van der Waals surface area contributed by atoms with E-state index in [4.69, 9.17) is 10.8 Å². The van der Waals surface area contributed by atoms with Crippen molar-refractivity contribution >= 4 is 41.4 Å². The monoisotopic (exact) mass is 464 g/mol. The van der Waals surface area contributed by atoms with Crippen molar-refractivity contribution in [2.75, 3.05) is 18.6 Å². The summed E-state index contributed by atoms with van der Waals surface area (Å²) in [4.78, 5) is 59.1. The molecule has 0 saturated carbocycles. The van der Waals surface area contributed by atoms with Crippen LogP contribution >= 0.6 is 11.8 Å². The molecule has 4 atom stereocenters. The third kappa shape index (κ3) is 11.0. The molecule has 0 heterocycles. The summed E-state index contributed by atoms with van der Waals surface area (Å²) in [5, 5.41) is 34.3. The van der Waals surface area contributed by atoms with Crippen LogP contribution in [0.2, 0.25) is 0 Å². The second-order valence-corrected chi connectivity index (χ2v) is 8.17. The van der Waals surface area contributed by atoms with Crippen LogP contribution in [0.25, 0.3) is 0 Å². The van der Waals surface area contributed by atoms with E-state index in [2.05, 4.69) is 16.0 Å².